The molecule has 1 saturated heterocycles. The highest BCUT2D eigenvalue weighted by molar-refractivity contribution is 6.62. The van der Waals surface area contributed by atoms with Crippen molar-refractivity contribution in [3.05, 3.63) is 77.5 Å². The number of fused-ring (bicyclic) bond motifs is 5. The van der Waals surface area contributed by atoms with Crippen LogP contribution in [-0.4, -0.2) is 25.3 Å². The summed E-state index contributed by atoms with van der Waals surface area (Å²) >= 11 is 0. The van der Waals surface area contributed by atoms with Gasteiger partial charge in [-0.3, -0.25) is 4.98 Å². The van der Waals surface area contributed by atoms with E-state index in [9.17, 15) is 0 Å². The molecule has 0 amide bonds. The third-order valence-corrected chi connectivity index (χ3v) is 5.50. The van der Waals surface area contributed by atoms with Gasteiger partial charge in [0.15, 0.2) is 0 Å². The van der Waals surface area contributed by atoms with Gasteiger partial charge in [0.25, 0.3) is 0 Å². The van der Waals surface area contributed by atoms with Crippen LogP contribution in [0.5, 0.6) is 0 Å². The van der Waals surface area contributed by atoms with Gasteiger partial charge in [-0.05, 0) is 29.6 Å². The van der Waals surface area contributed by atoms with Gasteiger partial charge in [0, 0.05) is 24.3 Å². The molecule has 4 nitrogen and oxygen atoms in total. The Morgan fingerprint density at radius 1 is 1.07 bits per heavy atom. The second kappa shape index (κ2) is 6.61. The van der Waals surface area contributed by atoms with Crippen LogP contribution in [0.3, 0.4) is 0 Å². The lowest BCUT2D eigenvalue weighted by Gasteiger charge is -2.23. The van der Waals surface area contributed by atoms with E-state index >= 15 is 0 Å². The normalized spacial score (nSPS) is 21.9. The summed E-state index contributed by atoms with van der Waals surface area (Å²) in [4.78, 5) is 4.57. The van der Waals surface area contributed by atoms with Gasteiger partial charge in [-0.2, -0.15) is 0 Å². The molecule has 1 fully saturated rings. The van der Waals surface area contributed by atoms with Crippen molar-refractivity contribution in [1.82, 2.24) is 4.98 Å². The number of rotatable bonds is 3. The van der Waals surface area contributed by atoms with E-state index in [4.69, 9.17) is 14.0 Å². The maximum absolute atomic E-state index is 6.41. The van der Waals surface area contributed by atoms with Crippen molar-refractivity contribution in [2.24, 2.45) is 0 Å². The first-order valence-electron chi connectivity index (χ1n) is 9.24. The number of methoxy groups -OCH3 is 1. The summed E-state index contributed by atoms with van der Waals surface area (Å²) in [6.45, 7) is 2.04. The van der Waals surface area contributed by atoms with E-state index in [1.54, 1.807) is 7.11 Å². The van der Waals surface area contributed by atoms with Gasteiger partial charge in [0.1, 0.15) is 0 Å². The highest BCUT2D eigenvalue weighted by Crippen LogP contribution is 2.40. The van der Waals surface area contributed by atoms with Crippen molar-refractivity contribution in [2.75, 3.05) is 7.11 Å². The number of pyridine rings is 1. The first-order chi connectivity index (χ1) is 13.3. The number of benzene rings is 2. The van der Waals surface area contributed by atoms with E-state index in [0.29, 0.717) is 0 Å². The van der Waals surface area contributed by atoms with Crippen LogP contribution in [-0.2, 0) is 14.0 Å². The number of hydrogen-bond acceptors (Lipinski definition) is 4. The fourth-order valence-corrected chi connectivity index (χ4v) is 4.02. The number of nitrogens with zero attached hydrogens (tertiary/aromatic N) is 1. The van der Waals surface area contributed by atoms with E-state index in [0.717, 1.165) is 33.1 Å². The standard InChI is InChI=1S/C22H20BNO3/c1-14(25-2)16-7-3-4-8-19(16)23-26-20-12-11-17-18(22(20)27-23)10-9-15-6-5-13-24-21(15)17/h3-14,20,22H,1-2H3/t14-,20-,22+/m0/s1. The second-order valence-corrected chi connectivity index (χ2v) is 7.00. The smallest absolute Gasteiger partial charge is 0.398 e. The molecule has 0 unspecified atom stereocenters. The van der Waals surface area contributed by atoms with Gasteiger partial charge in [-0.1, -0.05) is 54.6 Å². The predicted octanol–water partition coefficient (Wildman–Crippen LogP) is 3.82. The number of ether oxygens (including phenoxy) is 1. The topological polar surface area (TPSA) is 40.6 Å². The highest BCUT2D eigenvalue weighted by Gasteiger charge is 2.43. The van der Waals surface area contributed by atoms with Crippen LogP contribution in [0.25, 0.3) is 17.0 Å². The molecule has 0 spiro atoms. The fourth-order valence-electron chi connectivity index (χ4n) is 4.02. The Labute approximate surface area is 158 Å². The fraction of sp³-hybridized carbons (Fsp3) is 0.227. The first-order valence-corrected chi connectivity index (χ1v) is 9.24. The summed E-state index contributed by atoms with van der Waals surface area (Å²) in [6, 6.07) is 16.4. The maximum Gasteiger partial charge on any atom is 0.495 e. The van der Waals surface area contributed by atoms with Gasteiger partial charge < -0.3 is 14.0 Å². The molecule has 3 atom stereocenters. The molecule has 0 saturated carbocycles. The quantitative estimate of drug-likeness (QED) is 0.669. The van der Waals surface area contributed by atoms with Crippen LogP contribution < -0.4 is 5.46 Å². The predicted molar refractivity (Wildman–Crippen MR) is 107 cm³/mol. The van der Waals surface area contributed by atoms with Crippen LogP contribution in [0.2, 0.25) is 0 Å². The van der Waals surface area contributed by atoms with Crippen molar-refractivity contribution >= 4 is 29.6 Å². The molecule has 1 aromatic heterocycles. The molecule has 0 radical (unpaired) electrons. The van der Waals surface area contributed by atoms with Crippen LogP contribution in [0, 0.1) is 0 Å². The molecule has 5 rings (SSSR count). The van der Waals surface area contributed by atoms with Crippen molar-refractivity contribution in [2.45, 2.75) is 25.2 Å². The molecule has 3 aromatic rings. The molecule has 0 bridgehead atoms. The third kappa shape index (κ3) is 2.70. The SMILES string of the molecule is CO[C@@H](C)c1ccccc1B1O[C@H]2C=Cc3c(ccc4cccnc34)[C@H]2O1. The first kappa shape index (κ1) is 16.7. The van der Waals surface area contributed by atoms with Crippen LogP contribution >= 0.6 is 0 Å². The maximum atomic E-state index is 6.41. The molecule has 134 valence electrons. The molecular formula is C22H20BNO3. The van der Waals surface area contributed by atoms with Crippen molar-refractivity contribution in [3.63, 3.8) is 0 Å². The summed E-state index contributed by atoms with van der Waals surface area (Å²) in [5, 5.41) is 1.13. The van der Waals surface area contributed by atoms with Crippen molar-refractivity contribution in [3.8, 4) is 0 Å². The van der Waals surface area contributed by atoms with Gasteiger partial charge in [0.05, 0.1) is 23.8 Å². The Morgan fingerprint density at radius 2 is 1.96 bits per heavy atom. The number of hydrogen-bond donors (Lipinski definition) is 0. The monoisotopic (exact) mass is 357 g/mol. The van der Waals surface area contributed by atoms with E-state index in [2.05, 4.69) is 47.5 Å². The van der Waals surface area contributed by atoms with E-state index in [1.165, 1.54) is 0 Å². The second-order valence-electron chi connectivity index (χ2n) is 7.00. The van der Waals surface area contributed by atoms with E-state index in [1.807, 2.05) is 31.3 Å². The molecule has 5 heteroatoms. The Balaban J connectivity index is 1.53. The summed E-state index contributed by atoms with van der Waals surface area (Å²) in [5.41, 5.74) is 5.37. The van der Waals surface area contributed by atoms with E-state index < -0.39 is 7.12 Å². The Morgan fingerprint density at radius 3 is 2.85 bits per heavy atom. The van der Waals surface area contributed by atoms with Crippen LogP contribution in [0.15, 0.2) is 60.8 Å². The molecule has 2 aromatic carbocycles. The zero-order chi connectivity index (χ0) is 18.4. The lowest BCUT2D eigenvalue weighted by atomic mass is 9.75. The van der Waals surface area contributed by atoms with Gasteiger partial charge in [-0.15, -0.1) is 0 Å². The zero-order valence-electron chi connectivity index (χ0n) is 15.3. The summed E-state index contributed by atoms with van der Waals surface area (Å²) in [7, 11) is 1.30. The lowest BCUT2D eigenvalue weighted by Crippen LogP contribution is -2.36. The molecule has 2 aliphatic rings. The van der Waals surface area contributed by atoms with Gasteiger partial charge in [-0.25, -0.2) is 0 Å². The van der Waals surface area contributed by atoms with Crippen LogP contribution in [0.4, 0.5) is 0 Å². The molecule has 2 heterocycles. The third-order valence-electron chi connectivity index (χ3n) is 5.50. The summed E-state index contributed by atoms with van der Waals surface area (Å²) in [6.07, 6.45) is 5.78. The lowest BCUT2D eigenvalue weighted by molar-refractivity contribution is 0.120. The minimum atomic E-state index is -0.413. The molecule has 0 N–H and O–H groups in total. The van der Waals surface area contributed by atoms with Crippen molar-refractivity contribution in [1.29, 1.82) is 0 Å². The highest BCUT2D eigenvalue weighted by atomic mass is 16.7. The average Bonchev–Trinajstić information content (AvgIpc) is 3.17. The van der Waals surface area contributed by atoms with E-state index in [-0.39, 0.29) is 18.3 Å². The summed E-state index contributed by atoms with van der Waals surface area (Å²) in [5.74, 6) is 0. The zero-order valence-corrected chi connectivity index (χ0v) is 15.3. The Bertz CT molecular complexity index is 1030. The average molecular weight is 357 g/mol. The molecule has 27 heavy (non-hydrogen) atoms. The largest absolute Gasteiger partial charge is 0.495 e. The molecular weight excluding hydrogens is 337 g/mol. The van der Waals surface area contributed by atoms with Crippen LogP contribution in [0.1, 0.15) is 35.8 Å². The number of aromatic nitrogens is 1. The van der Waals surface area contributed by atoms with Gasteiger partial charge in [0.2, 0.25) is 0 Å². The Kier molecular flexibility index (Phi) is 4.08. The Hall–Kier alpha value is -2.47. The molecule has 1 aliphatic carbocycles. The minimum Gasteiger partial charge on any atom is -0.398 e. The van der Waals surface area contributed by atoms with Crippen molar-refractivity contribution < 1.29 is 14.0 Å². The minimum absolute atomic E-state index is 0.0213. The van der Waals surface area contributed by atoms with Gasteiger partial charge >= 0.3 is 7.12 Å². The molecule has 1 aliphatic heterocycles. The summed E-state index contributed by atoms with van der Waals surface area (Å²) < 4.78 is 18.2.